The van der Waals surface area contributed by atoms with Crippen LogP contribution in [0.5, 0.6) is 0 Å². The Kier molecular flexibility index (Phi) is 6.82. The molecule has 2 heterocycles. The van der Waals surface area contributed by atoms with Crippen molar-refractivity contribution in [2.45, 2.75) is 43.6 Å². The zero-order valence-corrected chi connectivity index (χ0v) is 17.7. The van der Waals surface area contributed by atoms with E-state index in [4.69, 9.17) is 0 Å². The van der Waals surface area contributed by atoms with Gasteiger partial charge in [0.25, 0.3) is 0 Å². The Bertz CT molecular complexity index is 967. The Hall–Kier alpha value is -2.93. The largest absolute Gasteiger partial charge is 0.325 e. The molecule has 0 fully saturated rings. The summed E-state index contributed by atoms with van der Waals surface area (Å²) in [6, 6.07) is 11.7. The molecule has 7 heteroatoms. The van der Waals surface area contributed by atoms with Gasteiger partial charge in [-0.3, -0.25) is 14.3 Å². The van der Waals surface area contributed by atoms with Crippen LogP contribution in [-0.4, -0.2) is 30.9 Å². The van der Waals surface area contributed by atoms with E-state index in [0.29, 0.717) is 17.6 Å². The maximum atomic E-state index is 12.7. The van der Waals surface area contributed by atoms with E-state index in [-0.39, 0.29) is 11.2 Å². The molecule has 2 aromatic heterocycles. The van der Waals surface area contributed by atoms with E-state index in [0.717, 1.165) is 17.1 Å². The van der Waals surface area contributed by atoms with Gasteiger partial charge in [0.15, 0.2) is 11.0 Å². The number of aromatic nitrogens is 4. The van der Waals surface area contributed by atoms with Crippen LogP contribution in [0.1, 0.15) is 32.3 Å². The highest BCUT2D eigenvalue weighted by molar-refractivity contribution is 8.00. The van der Waals surface area contributed by atoms with Crippen LogP contribution in [0, 0.1) is 0 Å². The summed E-state index contributed by atoms with van der Waals surface area (Å²) in [4.78, 5) is 16.7. The third-order valence-corrected chi connectivity index (χ3v) is 5.54. The van der Waals surface area contributed by atoms with Gasteiger partial charge >= 0.3 is 0 Å². The monoisotopic (exact) mass is 407 g/mol. The van der Waals surface area contributed by atoms with Crippen LogP contribution in [-0.2, 0) is 11.3 Å². The number of benzene rings is 1. The summed E-state index contributed by atoms with van der Waals surface area (Å²) in [5.74, 6) is 1.11. The Morgan fingerprint density at radius 3 is 2.45 bits per heavy atom. The Balaban J connectivity index is 1.72. The fraction of sp³-hybridized carbons (Fsp3) is 0.273. The zero-order chi connectivity index (χ0) is 20.8. The van der Waals surface area contributed by atoms with Crippen molar-refractivity contribution in [2.75, 3.05) is 5.32 Å². The van der Waals surface area contributed by atoms with Crippen LogP contribution in [0.15, 0.2) is 66.6 Å². The number of rotatable bonds is 8. The van der Waals surface area contributed by atoms with Gasteiger partial charge in [0, 0.05) is 30.2 Å². The molecule has 0 aliphatic rings. The van der Waals surface area contributed by atoms with Crippen LogP contribution in [0.4, 0.5) is 5.69 Å². The number of nitrogens with zero attached hydrogens (tertiary/aromatic N) is 4. The topological polar surface area (TPSA) is 72.7 Å². The fourth-order valence-corrected chi connectivity index (χ4v) is 3.65. The van der Waals surface area contributed by atoms with E-state index in [1.54, 1.807) is 18.5 Å². The van der Waals surface area contributed by atoms with Crippen LogP contribution < -0.4 is 5.32 Å². The van der Waals surface area contributed by atoms with Gasteiger partial charge in [0.1, 0.15) is 0 Å². The van der Waals surface area contributed by atoms with Crippen molar-refractivity contribution in [2.24, 2.45) is 0 Å². The molecule has 0 radical (unpaired) electrons. The van der Waals surface area contributed by atoms with E-state index >= 15 is 0 Å². The van der Waals surface area contributed by atoms with Crippen molar-refractivity contribution in [3.05, 3.63) is 67.0 Å². The highest BCUT2D eigenvalue weighted by Crippen LogP contribution is 2.27. The predicted octanol–water partition coefficient (Wildman–Crippen LogP) is 4.77. The minimum atomic E-state index is -0.335. The molecule has 3 rings (SSSR count). The maximum Gasteiger partial charge on any atom is 0.237 e. The van der Waals surface area contributed by atoms with Crippen molar-refractivity contribution in [3.63, 3.8) is 0 Å². The van der Waals surface area contributed by atoms with E-state index in [1.165, 1.54) is 17.3 Å². The highest BCUT2D eigenvalue weighted by atomic mass is 32.2. The highest BCUT2D eigenvalue weighted by Gasteiger charge is 2.20. The fourth-order valence-electron chi connectivity index (χ4n) is 2.79. The lowest BCUT2D eigenvalue weighted by molar-refractivity contribution is -0.115. The van der Waals surface area contributed by atoms with Crippen LogP contribution in [0.2, 0.25) is 0 Å². The number of carbonyl (C=O) groups excluding carboxylic acids is 1. The summed E-state index contributed by atoms with van der Waals surface area (Å²) in [6.45, 7) is 10.5. The lowest BCUT2D eigenvalue weighted by Crippen LogP contribution is -2.23. The number of allylic oxidation sites excluding steroid dienone is 1. The van der Waals surface area contributed by atoms with Crippen molar-refractivity contribution in [1.29, 1.82) is 0 Å². The average Bonchev–Trinajstić information content (AvgIpc) is 3.11. The molecule has 1 atom stereocenters. The lowest BCUT2D eigenvalue weighted by Gasteiger charge is -2.13. The molecule has 6 nitrogen and oxygen atoms in total. The van der Waals surface area contributed by atoms with Crippen molar-refractivity contribution in [1.82, 2.24) is 19.7 Å². The minimum absolute atomic E-state index is 0.0779. The predicted molar refractivity (Wildman–Crippen MR) is 118 cm³/mol. The van der Waals surface area contributed by atoms with Gasteiger partial charge in [-0.2, -0.15) is 0 Å². The minimum Gasteiger partial charge on any atom is -0.325 e. The second kappa shape index (κ2) is 9.52. The number of anilines is 1. The third-order valence-electron chi connectivity index (χ3n) is 4.46. The Labute approximate surface area is 175 Å². The van der Waals surface area contributed by atoms with Crippen molar-refractivity contribution >= 4 is 23.4 Å². The molecular formula is C22H25N5OS. The third kappa shape index (κ3) is 5.12. The summed E-state index contributed by atoms with van der Waals surface area (Å²) < 4.78 is 1.95. The molecule has 1 aromatic carbocycles. The molecule has 0 saturated heterocycles. The second-order valence-corrected chi connectivity index (χ2v) is 8.28. The molecule has 1 N–H and O–H groups in total. The molecule has 150 valence electrons. The molecule has 3 aromatic rings. The van der Waals surface area contributed by atoms with E-state index in [2.05, 4.69) is 40.9 Å². The normalized spacial score (nSPS) is 12.0. The molecule has 0 aliphatic carbocycles. The van der Waals surface area contributed by atoms with Crippen LogP contribution in [0.3, 0.4) is 0 Å². The van der Waals surface area contributed by atoms with Crippen LogP contribution in [0.25, 0.3) is 11.4 Å². The lowest BCUT2D eigenvalue weighted by atomic mass is 10.0. The van der Waals surface area contributed by atoms with E-state index < -0.39 is 0 Å². The van der Waals surface area contributed by atoms with Gasteiger partial charge in [-0.15, -0.1) is 16.8 Å². The quantitative estimate of drug-likeness (QED) is 0.430. The summed E-state index contributed by atoms with van der Waals surface area (Å²) in [7, 11) is 0. The van der Waals surface area contributed by atoms with E-state index in [1.807, 2.05) is 47.9 Å². The first-order chi connectivity index (χ1) is 14.0. The summed E-state index contributed by atoms with van der Waals surface area (Å²) in [5, 5.41) is 11.9. The maximum absolute atomic E-state index is 12.7. The SMILES string of the molecule is C=CCn1c(S[C@@H](C)C(=O)Nc2ccc(C(C)C)cc2)nnc1-c1ccncc1. The van der Waals surface area contributed by atoms with E-state index in [9.17, 15) is 4.79 Å². The zero-order valence-electron chi connectivity index (χ0n) is 16.9. The number of hydrogen-bond donors (Lipinski definition) is 1. The van der Waals surface area contributed by atoms with Gasteiger partial charge in [0.2, 0.25) is 5.91 Å². The first kappa shape index (κ1) is 20.8. The second-order valence-electron chi connectivity index (χ2n) is 6.97. The average molecular weight is 408 g/mol. The first-order valence-corrected chi connectivity index (χ1v) is 10.4. The molecule has 1 amide bonds. The number of thioether (sulfide) groups is 1. The number of nitrogens with one attached hydrogen (secondary N) is 1. The van der Waals surface area contributed by atoms with Gasteiger partial charge < -0.3 is 5.32 Å². The van der Waals surface area contributed by atoms with Crippen molar-refractivity contribution < 1.29 is 4.79 Å². The molecule has 0 bridgehead atoms. The number of carbonyl (C=O) groups is 1. The molecule has 29 heavy (non-hydrogen) atoms. The van der Waals surface area contributed by atoms with Gasteiger partial charge in [-0.1, -0.05) is 43.8 Å². The summed E-state index contributed by atoms with van der Waals surface area (Å²) >= 11 is 1.37. The molecule has 0 aliphatic heterocycles. The standard InChI is InChI=1S/C22H25N5OS/c1-5-14-27-20(18-10-12-23-13-11-18)25-26-22(27)29-16(4)21(28)24-19-8-6-17(7-9-19)15(2)3/h5-13,15-16H,1,14H2,2-4H3,(H,24,28)/t16-/m0/s1. The smallest absolute Gasteiger partial charge is 0.237 e. The number of pyridine rings is 1. The number of hydrogen-bond acceptors (Lipinski definition) is 5. The summed E-state index contributed by atoms with van der Waals surface area (Å²) in [6.07, 6.45) is 5.23. The summed E-state index contributed by atoms with van der Waals surface area (Å²) in [5.41, 5.74) is 2.95. The van der Waals surface area contributed by atoms with Crippen LogP contribution >= 0.6 is 11.8 Å². The first-order valence-electron chi connectivity index (χ1n) is 9.51. The molecule has 0 saturated carbocycles. The molecular weight excluding hydrogens is 382 g/mol. The van der Waals surface area contributed by atoms with Crippen molar-refractivity contribution in [3.8, 4) is 11.4 Å². The Morgan fingerprint density at radius 2 is 1.83 bits per heavy atom. The Morgan fingerprint density at radius 1 is 1.14 bits per heavy atom. The van der Waals surface area contributed by atoms with Gasteiger partial charge in [-0.05, 0) is 42.7 Å². The van der Waals surface area contributed by atoms with Gasteiger partial charge in [0.05, 0.1) is 5.25 Å². The molecule has 0 unspecified atom stereocenters. The number of amides is 1. The molecule has 0 spiro atoms. The van der Waals surface area contributed by atoms with Gasteiger partial charge in [-0.25, -0.2) is 0 Å².